The van der Waals surface area contributed by atoms with Crippen LogP contribution in [-0.4, -0.2) is 18.2 Å². The summed E-state index contributed by atoms with van der Waals surface area (Å²) in [4.78, 5) is 1.03. The second-order valence-electron chi connectivity index (χ2n) is 3.68. The van der Waals surface area contributed by atoms with Crippen molar-refractivity contribution >= 4 is 5.69 Å². The Hall–Kier alpha value is -2.25. The van der Waals surface area contributed by atoms with Gasteiger partial charge in [-0.15, -0.1) is 0 Å². The van der Waals surface area contributed by atoms with E-state index in [1.54, 1.807) is 12.1 Å². The first-order valence-corrected chi connectivity index (χ1v) is 5.24. The molecule has 1 aromatic rings. The number of alkyl halides is 3. The maximum absolute atomic E-state index is 12.9. The summed E-state index contributed by atoms with van der Waals surface area (Å²) in [5.74, 6) is 0. The first-order chi connectivity index (χ1) is 8.93. The van der Waals surface area contributed by atoms with Crippen LogP contribution in [0, 0.1) is 22.7 Å². The van der Waals surface area contributed by atoms with E-state index >= 15 is 0 Å². The van der Waals surface area contributed by atoms with E-state index in [1.807, 2.05) is 0 Å². The van der Waals surface area contributed by atoms with Gasteiger partial charge in [0.25, 0.3) is 0 Å². The molecule has 0 aliphatic rings. The van der Waals surface area contributed by atoms with Gasteiger partial charge in [0, 0.05) is 0 Å². The molecule has 0 saturated heterocycles. The number of rotatable bonds is 4. The number of anilines is 1. The van der Waals surface area contributed by atoms with Crippen LogP contribution in [0.25, 0.3) is 0 Å². The maximum atomic E-state index is 12.9. The molecule has 0 aliphatic heterocycles. The summed E-state index contributed by atoms with van der Waals surface area (Å²) < 4.78 is 38.8. The summed E-state index contributed by atoms with van der Waals surface area (Å²) in [6.07, 6.45) is -4.62. The Balaban J connectivity index is 3.33. The number of halogens is 3. The van der Waals surface area contributed by atoms with Crippen molar-refractivity contribution in [2.75, 3.05) is 18.0 Å². The first kappa shape index (κ1) is 14.8. The fraction of sp³-hybridized carbons (Fsp3) is 0.333. The van der Waals surface area contributed by atoms with Gasteiger partial charge in [-0.05, 0) is 17.7 Å². The second-order valence-corrected chi connectivity index (χ2v) is 3.68. The zero-order valence-electron chi connectivity index (χ0n) is 9.78. The molecular weight excluding hydrogens is 259 g/mol. The van der Waals surface area contributed by atoms with E-state index in [-0.39, 0.29) is 24.3 Å². The molecule has 0 spiro atoms. The summed E-state index contributed by atoms with van der Waals surface area (Å²) >= 11 is 0. The van der Waals surface area contributed by atoms with Crippen LogP contribution in [0.1, 0.15) is 11.1 Å². The molecule has 100 valence electrons. The van der Waals surface area contributed by atoms with Gasteiger partial charge >= 0.3 is 6.18 Å². The van der Waals surface area contributed by atoms with Gasteiger partial charge in [0.15, 0.2) is 0 Å². The largest absolute Gasteiger partial charge is 0.418 e. The molecule has 0 aromatic heterocycles. The molecule has 0 unspecified atom stereocenters. The summed E-state index contributed by atoms with van der Waals surface area (Å²) in [6.45, 7) is -1.16. The Bertz CT molecular complexity index is 512. The van der Waals surface area contributed by atoms with E-state index in [4.69, 9.17) is 15.6 Å². The summed E-state index contributed by atoms with van der Waals surface area (Å²) in [5.41, 5.74) is -1.10. The molecule has 4 nitrogen and oxygen atoms in total. The van der Waals surface area contributed by atoms with Gasteiger partial charge in [-0.25, -0.2) is 0 Å². The third kappa shape index (κ3) is 3.60. The highest BCUT2D eigenvalue weighted by molar-refractivity contribution is 5.57. The number of aliphatic hydroxyl groups excluding tert-OH is 1. The highest BCUT2D eigenvalue weighted by Crippen LogP contribution is 2.37. The smallest absolute Gasteiger partial charge is 0.392 e. The molecule has 0 aliphatic carbocycles. The average Bonchev–Trinajstić information content (AvgIpc) is 2.37. The molecule has 0 saturated carbocycles. The SMILES string of the molecule is N#CCN(CC#N)c1ccc(CO)cc1C(F)(F)F. The molecule has 0 amide bonds. The zero-order chi connectivity index (χ0) is 14.5. The van der Waals surface area contributed by atoms with Crippen molar-refractivity contribution in [3.8, 4) is 12.1 Å². The average molecular weight is 269 g/mol. The van der Waals surface area contributed by atoms with Gasteiger partial charge < -0.3 is 10.0 Å². The molecule has 1 N–H and O–H groups in total. The van der Waals surface area contributed by atoms with Gasteiger partial charge in [-0.2, -0.15) is 23.7 Å². The quantitative estimate of drug-likeness (QED) is 0.849. The monoisotopic (exact) mass is 269 g/mol. The molecule has 0 heterocycles. The second kappa shape index (κ2) is 6.07. The molecule has 7 heteroatoms. The molecule has 0 radical (unpaired) electrons. The number of benzene rings is 1. The number of nitrogens with zero attached hydrogens (tertiary/aromatic N) is 3. The molecule has 0 bridgehead atoms. The summed E-state index contributed by atoms with van der Waals surface area (Å²) in [7, 11) is 0. The Labute approximate surface area is 107 Å². The molecule has 0 atom stereocenters. The van der Waals surface area contributed by atoms with Crippen molar-refractivity contribution < 1.29 is 18.3 Å². The van der Waals surface area contributed by atoms with Crippen LogP contribution < -0.4 is 4.90 Å². The number of hydrogen-bond donors (Lipinski definition) is 1. The summed E-state index contributed by atoms with van der Waals surface area (Å²) in [5, 5.41) is 26.1. The zero-order valence-corrected chi connectivity index (χ0v) is 9.78. The van der Waals surface area contributed by atoms with Gasteiger partial charge in [-0.1, -0.05) is 6.07 Å². The fourth-order valence-electron chi connectivity index (χ4n) is 1.58. The Kier molecular flexibility index (Phi) is 4.74. The summed E-state index contributed by atoms with van der Waals surface area (Å²) in [6, 6.07) is 6.73. The fourth-order valence-corrected chi connectivity index (χ4v) is 1.58. The van der Waals surface area contributed by atoms with Crippen molar-refractivity contribution in [2.45, 2.75) is 12.8 Å². The minimum absolute atomic E-state index is 0.116. The van der Waals surface area contributed by atoms with Gasteiger partial charge in [0.05, 0.1) is 30.0 Å². The normalized spacial score (nSPS) is 10.6. The van der Waals surface area contributed by atoms with Crippen molar-refractivity contribution in [2.24, 2.45) is 0 Å². The molecular formula is C12H10F3N3O. The Morgan fingerprint density at radius 2 is 1.74 bits per heavy atom. The minimum atomic E-state index is -4.62. The molecule has 1 rings (SSSR count). The van der Waals surface area contributed by atoms with Crippen LogP contribution in [-0.2, 0) is 12.8 Å². The van der Waals surface area contributed by atoms with Crippen LogP contribution in [0.5, 0.6) is 0 Å². The van der Waals surface area contributed by atoms with Gasteiger partial charge in [-0.3, -0.25) is 0 Å². The van der Waals surface area contributed by atoms with E-state index in [2.05, 4.69) is 0 Å². The van der Waals surface area contributed by atoms with Crippen molar-refractivity contribution in [3.05, 3.63) is 29.3 Å². The third-order valence-electron chi connectivity index (χ3n) is 2.41. The van der Waals surface area contributed by atoms with Gasteiger partial charge in [0.1, 0.15) is 13.1 Å². The number of nitriles is 2. The third-order valence-corrected chi connectivity index (χ3v) is 2.41. The van der Waals surface area contributed by atoms with Crippen LogP contribution >= 0.6 is 0 Å². The molecule has 0 fully saturated rings. The van der Waals surface area contributed by atoms with Crippen molar-refractivity contribution in [3.63, 3.8) is 0 Å². The van der Waals surface area contributed by atoms with Crippen LogP contribution in [0.4, 0.5) is 18.9 Å². The van der Waals surface area contributed by atoms with Gasteiger partial charge in [0.2, 0.25) is 0 Å². The van der Waals surface area contributed by atoms with E-state index in [9.17, 15) is 13.2 Å². The first-order valence-electron chi connectivity index (χ1n) is 5.24. The highest BCUT2D eigenvalue weighted by Gasteiger charge is 2.35. The lowest BCUT2D eigenvalue weighted by Gasteiger charge is -2.23. The predicted molar refractivity (Wildman–Crippen MR) is 60.8 cm³/mol. The lowest BCUT2D eigenvalue weighted by Crippen LogP contribution is -2.26. The Morgan fingerprint density at radius 3 is 2.16 bits per heavy atom. The Morgan fingerprint density at radius 1 is 1.16 bits per heavy atom. The molecule has 19 heavy (non-hydrogen) atoms. The van der Waals surface area contributed by atoms with Crippen molar-refractivity contribution in [1.82, 2.24) is 0 Å². The number of aliphatic hydroxyl groups is 1. The standard InChI is InChI=1S/C12H10F3N3O/c13-12(14,15)10-7-9(8-19)1-2-11(10)18(5-3-16)6-4-17/h1-2,7,19H,5-6,8H2. The molecule has 1 aromatic carbocycles. The number of hydrogen-bond acceptors (Lipinski definition) is 4. The van der Waals surface area contributed by atoms with Crippen LogP contribution in [0.3, 0.4) is 0 Å². The van der Waals surface area contributed by atoms with E-state index in [0.717, 1.165) is 17.0 Å². The van der Waals surface area contributed by atoms with Crippen LogP contribution in [0.15, 0.2) is 18.2 Å². The van der Waals surface area contributed by atoms with Crippen LogP contribution in [0.2, 0.25) is 0 Å². The predicted octanol–water partition coefficient (Wildman–Crippen LogP) is 2.05. The van der Waals surface area contributed by atoms with E-state index in [0.29, 0.717) is 0 Å². The van der Waals surface area contributed by atoms with E-state index < -0.39 is 18.3 Å². The minimum Gasteiger partial charge on any atom is -0.392 e. The maximum Gasteiger partial charge on any atom is 0.418 e. The highest BCUT2D eigenvalue weighted by atomic mass is 19.4. The lowest BCUT2D eigenvalue weighted by atomic mass is 10.1. The van der Waals surface area contributed by atoms with E-state index in [1.165, 1.54) is 6.07 Å². The van der Waals surface area contributed by atoms with Crippen molar-refractivity contribution in [1.29, 1.82) is 10.5 Å². The topological polar surface area (TPSA) is 71.0 Å². The lowest BCUT2D eigenvalue weighted by molar-refractivity contribution is -0.137.